The van der Waals surface area contributed by atoms with Gasteiger partial charge in [-0.3, -0.25) is 29.4 Å². The molecule has 0 aliphatic carbocycles. The minimum atomic E-state index is -1.46. The third-order valence-electron chi connectivity index (χ3n) is 6.20. The van der Waals surface area contributed by atoms with Crippen molar-refractivity contribution in [3.63, 3.8) is 0 Å². The van der Waals surface area contributed by atoms with Crippen LogP contribution < -0.4 is 19.7 Å². The van der Waals surface area contributed by atoms with Crippen molar-refractivity contribution in [2.24, 2.45) is 5.92 Å². The Hall–Kier alpha value is -3.99. The normalized spacial score (nSPS) is 18.1. The maximum atomic E-state index is 13.6. The van der Waals surface area contributed by atoms with Gasteiger partial charge in [-0.05, 0) is 36.2 Å². The number of carbonyl (C=O) groups excluding carboxylic acids is 4. The van der Waals surface area contributed by atoms with Gasteiger partial charge in [0.2, 0.25) is 11.5 Å². The van der Waals surface area contributed by atoms with Crippen LogP contribution in [0.4, 0.5) is 0 Å². The number of nitrogens with zero attached hydrogens (tertiary/aromatic N) is 2. The highest BCUT2D eigenvalue weighted by atomic mass is 16.5. The van der Waals surface area contributed by atoms with Crippen LogP contribution in [-0.4, -0.2) is 65.8 Å². The monoisotopic (exact) mass is 499 g/mol. The Morgan fingerprint density at radius 1 is 1.08 bits per heavy atom. The van der Waals surface area contributed by atoms with Crippen molar-refractivity contribution < 1.29 is 38.6 Å². The van der Waals surface area contributed by atoms with E-state index in [1.165, 1.54) is 58.0 Å². The molecular weight excluding hydrogens is 470 g/mol. The minimum Gasteiger partial charge on any atom is -0.493 e. The van der Waals surface area contributed by atoms with Crippen LogP contribution in [0.5, 0.6) is 17.2 Å². The van der Waals surface area contributed by atoms with E-state index < -0.39 is 41.4 Å². The lowest BCUT2D eigenvalue weighted by molar-refractivity contribution is -0.147. The first-order valence-electron chi connectivity index (χ1n) is 11.4. The zero-order valence-electron chi connectivity index (χ0n) is 20.5. The molecule has 3 atom stereocenters. The van der Waals surface area contributed by atoms with Crippen LogP contribution in [0.1, 0.15) is 48.1 Å². The molecule has 2 amide bonds. The molecule has 192 valence electrons. The lowest BCUT2D eigenvalue weighted by Gasteiger charge is -2.33. The lowest BCUT2D eigenvalue weighted by atomic mass is 9.86. The fourth-order valence-corrected chi connectivity index (χ4v) is 4.48. The van der Waals surface area contributed by atoms with Crippen LogP contribution in [0.25, 0.3) is 0 Å². The first kappa shape index (κ1) is 26.6. The molecule has 1 aliphatic rings. The third kappa shape index (κ3) is 4.87. The summed E-state index contributed by atoms with van der Waals surface area (Å²) in [6, 6.07) is 3.58. The van der Waals surface area contributed by atoms with Gasteiger partial charge in [-0.1, -0.05) is 19.8 Å². The second-order valence-electron chi connectivity index (χ2n) is 8.19. The third-order valence-corrected chi connectivity index (χ3v) is 6.20. The molecule has 1 fully saturated rings. The van der Waals surface area contributed by atoms with Gasteiger partial charge in [0.1, 0.15) is 12.0 Å². The largest absolute Gasteiger partial charge is 0.493 e. The summed E-state index contributed by atoms with van der Waals surface area (Å²) in [5.41, 5.74) is 2.10. The predicted molar refractivity (Wildman–Crippen MR) is 126 cm³/mol. The Kier molecular flexibility index (Phi) is 8.59. The van der Waals surface area contributed by atoms with Crippen molar-refractivity contribution in [2.75, 3.05) is 21.3 Å². The summed E-state index contributed by atoms with van der Waals surface area (Å²) in [6.45, 7) is 1.90. The van der Waals surface area contributed by atoms with E-state index in [0.29, 0.717) is 18.4 Å². The SMILES string of the molecule is CCCCC(C(=O)NO)N1C(=O)C(=O)C(C(=O)c2ccncc2)C1c1cc(OC)c(OC)c(OC)c1. The van der Waals surface area contributed by atoms with Gasteiger partial charge < -0.3 is 19.1 Å². The number of methoxy groups -OCH3 is 3. The van der Waals surface area contributed by atoms with Crippen LogP contribution in [0, 0.1) is 5.92 Å². The smallest absolute Gasteiger partial charge is 0.292 e. The van der Waals surface area contributed by atoms with Crippen LogP contribution in [-0.2, 0) is 14.4 Å². The van der Waals surface area contributed by atoms with Gasteiger partial charge in [-0.2, -0.15) is 0 Å². The summed E-state index contributed by atoms with van der Waals surface area (Å²) in [5, 5.41) is 9.41. The summed E-state index contributed by atoms with van der Waals surface area (Å²) in [7, 11) is 4.25. The molecule has 0 bridgehead atoms. The molecule has 3 unspecified atom stereocenters. The van der Waals surface area contributed by atoms with Gasteiger partial charge in [0.05, 0.1) is 27.4 Å². The van der Waals surface area contributed by atoms with E-state index in [-0.39, 0.29) is 29.2 Å². The fraction of sp³-hybridized carbons (Fsp3) is 0.400. The van der Waals surface area contributed by atoms with Gasteiger partial charge in [-0.25, -0.2) is 5.48 Å². The second-order valence-corrected chi connectivity index (χ2v) is 8.19. The van der Waals surface area contributed by atoms with Gasteiger partial charge in [0, 0.05) is 18.0 Å². The highest BCUT2D eigenvalue weighted by Crippen LogP contribution is 2.46. The van der Waals surface area contributed by atoms with E-state index >= 15 is 0 Å². The number of hydroxylamine groups is 1. The van der Waals surface area contributed by atoms with Crippen molar-refractivity contribution in [1.82, 2.24) is 15.4 Å². The zero-order chi connectivity index (χ0) is 26.4. The number of hydrogen-bond donors (Lipinski definition) is 2. The molecular formula is C25H29N3O8. The number of carbonyl (C=O) groups is 4. The van der Waals surface area contributed by atoms with E-state index in [0.717, 1.165) is 4.90 Å². The number of Topliss-reactive ketones (excluding diaryl/α,β-unsaturated/α-hetero) is 2. The number of hydrogen-bond acceptors (Lipinski definition) is 9. The summed E-state index contributed by atoms with van der Waals surface area (Å²) in [4.78, 5) is 57.9. The molecule has 0 spiro atoms. The molecule has 1 aromatic carbocycles. The Morgan fingerprint density at radius 2 is 1.69 bits per heavy atom. The van der Waals surface area contributed by atoms with Crippen molar-refractivity contribution >= 4 is 23.4 Å². The number of likely N-dealkylation sites (tertiary alicyclic amines) is 1. The minimum absolute atomic E-state index is 0.166. The van der Waals surface area contributed by atoms with Crippen molar-refractivity contribution in [2.45, 2.75) is 38.3 Å². The number of aromatic nitrogens is 1. The van der Waals surface area contributed by atoms with Gasteiger partial charge >= 0.3 is 0 Å². The number of rotatable bonds is 11. The van der Waals surface area contributed by atoms with Crippen LogP contribution in [0.2, 0.25) is 0 Å². The number of benzene rings is 1. The molecule has 1 aliphatic heterocycles. The van der Waals surface area contributed by atoms with E-state index in [9.17, 15) is 24.4 Å². The molecule has 1 aromatic heterocycles. The van der Waals surface area contributed by atoms with Crippen LogP contribution in [0.15, 0.2) is 36.7 Å². The highest BCUT2D eigenvalue weighted by Gasteiger charge is 2.55. The molecule has 2 heterocycles. The molecule has 2 aromatic rings. The molecule has 11 heteroatoms. The van der Waals surface area contributed by atoms with Gasteiger partial charge in [0.25, 0.3) is 11.8 Å². The molecule has 11 nitrogen and oxygen atoms in total. The molecule has 0 radical (unpaired) electrons. The topological polar surface area (TPSA) is 144 Å². The molecule has 1 saturated heterocycles. The van der Waals surface area contributed by atoms with Gasteiger partial charge in [-0.15, -0.1) is 0 Å². The fourth-order valence-electron chi connectivity index (χ4n) is 4.48. The van der Waals surface area contributed by atoms with E-state index in [1.54, 1.807) is 5.48 Å². The van der Waals surface area contributed by atoms with E-state index in [1.807, 2.05) is 6.92 Å². The van der Waals surface area contributed by atoms with Crippen LogP contribution in [0.3, 0.4) is 0 Å². The molecule has 2 N–H and O–H groups in total. The Labute approximate surface area is 208 Å². The Balaban J connectivity index is 2.26. The first-order valence-corrected chi connectivity index (χ1v) is 11.4. The maximum Gasteiger partial charge on any atom is 0.292 e. The average Bonchev–Trinajstić information content (AvgIpc) is 3.17. The van der Waals surface area contributed by atoms with Crippen molar-refractivity contribution in [3.05, 3.63) is 47.8 Å². The number of ether oxygens (including phenoxy) is 3. The highest BCUT2D eigenvalue weighted by molar-refractivity contribution is 6.44. The predicted octanol–water partition coefficient (Wildman–Crippen LogP) is 2.12. The molecule has 0 saturated carbocycles. The van der Waals surface area contributed by atoms with Crippen molar-refractivity contribution in [3.8, 4) is 17.2 Å². The summed E-state index contributed by atoms with van der Waals surface area (Å²) >= 11 is 0. The average molecular weight is 500 g/mol. The number of ketones is 2. The number of nitrogens with one attached hydrogen (secondary N) is 1. The van der Waals surface area contributed by atoms with E-state index in [4.69, 9.17) is 14.2 Å². The standard InChI is InChI=1S/C25H29N3O8/c1-5-6-7-16(24(31)27-33)28-20(15-12-17(34-2)23(36-4)18(13-15)35-3)19(22(30)25(28)32)21(29)14-8-10-26-11-9-14/h8-13,16,19-20,33H,5-7H2,1-4H3,(H,27,31). The molecule has 3 rings (SSSR count). The summed E-state index contributed by atoms with van der Waals surface area (Å²) < 4.78 is 16.2. The summed E-state index contributed by atoms with van der Waals surface area (Å²) in [5.74, 6) is -4.11. The second kappa shape index (κ2) is 11.6. The van der Waals surface area contributed by atoms with E-state index in [2.05, 4.69) is 4.98 Å². The van der Waals surface area contributed by atoms with Crippen molar-refractivity contribution in [1.29, 1.82) is 0 Å². The molecule has 36 heavy (non-hydrogen) atoms. The maximum absolute atomic E-state index is 13.6. The van der Waals surface area contributed by atoms with Crippen LogP contribution >= 0.6 is 0 Å². The first-order chi connectivity index (χ1) is 17.3. The number of unbranched alkanes of at least 4 members (excludes halogenated alkanes) is 1. The Bertz CT molecular complexity index is 1110. The Morgan fingerprint density at radius 3 is 2.19 bits per heavy atom. The number of amides is 2. The quantitative estimate of drug-likeness (QED) is 0.156. The lowest BCUT2D eigenvalue weighted by Crippen LogP contribution is -2.48. The summed E-state index contributed by atoms with van der Waals surface area (Å²) in [6.07, 6.45) is 4.20. The zero-order valence-corrected chi connectivity index (χ0v) is 20.5. The van der Waals surface area contributed by atoms with Gasteiger partial charge in [0.15, 0.2) is 17.3 Å². The number of pyridine rings is 1.